The predicted molar refractivity (Wildman–Crippen MR) is 99.3 cm³/mol. The van der Waals surface area contributed by atoms with Crippen molar-refractivity contribution in [3.05, 3.63) is 69.9 Å². The molecule has 134 valence electrons. The molecule has 0 fully saturated rings. The lowest BCUT2D eigenvalue weighted by atomic mass is 9.93. The molecule has 2 aromatic carbocycles. The van der Waals surface area contributed by atoms with Gasteiger partial charge in [-0.25, -0.2) is 9.37 Å². The Morgan fingerprint density at radius 1 is 1.31 bits per heavy atom. The van der Waals surface area contributed by atoms with E-state index in [9.17, 15) is 14.3 Å². The molecule has 1 N–H and O–H groups in total. The molecule has 4 nitrogen and oxygen atoms in total. The van der Waals surface area contributed by atoms with E-state index in [1.165, 1.54) is 18.4 Å². The van der Waals surface area contributed by atoms with Gasteiger partial charge >= 0.3 is 5.97 Å². The Balaban J connectivity index is 2.06. The zero-order chi connectivity index (χ0) is 18.7. The van der Waals surface area contributed by atoms with E-state index in [1.807, 2.05) is 19.1 Å². The predicted octanol–water partition coefficient (Wildman–Crippen LogP) is 4.87. The van der Waals surface area contributed by atoms with Crippen LogP contribution in [-0.2, 0) is 4.79 Å². The number of carbonyl (C=O) groups is 1. The van der Waals surface area contributed by atoms with Crippen molar-refractivity contribution in [2.75, 3.05) is 7.11 Å². The minimum Gasteiger partial charge on any atom is -0.494 e. The number of carboxylic acids is 1. The highest BCUT2D eigenvalue weighted by Gasteiger charge is 2.22. The highest BCUT2D eigenvalue weighted by Crippen LogP contribution is 2.35. The zero-order valence-electron chi connectivity index (χ0n) is 14.4. The quantitative estimate of drug-likeness (QED) is 0.671. The van der Waals surface area contributed by atoms with Gasteiger partial charge in [-0.3, -0.25) is 4.79 Å². The van der Waals surface area contributed by atoms with Crippen molar-refractivity contribution in [3.63, 3.8) is 0 Å². The van der Waals surface area contributed by atoms with Crippen LogP contribution in [-0.4, -0.2) is 23.2 Å². The molecule has 0 aliphatic heterocycles. The smallest absolute Gasteiger partial charge is 0.304 e. The molecular weight excluding hydrogens is 353 g/mol. The second-order valence-corrected chi connectivity index (χ2v) is 7.17. The molecule has 1 unspecified atom stereocenters. The number of rotatable bonds is 6. The monoisotopic (exact) mass is 371 g/mol. The number of aryl methyl sites for hydroxylation is 1. The van der Waals surface area contributed by atoms with Crippen molar-refractivity contribution >= 4 is 17.3 Å². The molecule has 3 aromatic rings. The van der Waals surface area contributed by atoms with Crippen molar-refractivity contribution in [2.45, 2.75) is 19.3 Å². The van der Waals surface area contributed by atoms with Gasteiger partial charge in [0, 0.05) is 22.6 Å². The molecule has 0 spiro atoms. The number of carboxylic acid groups (broad SMARTS) is 1. The van der Waals surface area contributed by atoms with Crippen LogP contribution in [0.25, 0.3) is 11.1 Å². The molecule has 0 saturated carbocycles. The van der Waals surface area contributed by atoms with Gasteiger partial charge in [-0.1, -0.05) is 36.4 Å². The second kappa shape index (κ2) is 7.66. The molecule has 6 heteroatoms. The van der Waals surface area contributed by atoms with Crippen LogP contribution in [0, 0.1) is 12.7 Å². The summed E-state index contributed by atoms with van der Waals surface area (Å²) in [6.07, 6.45) is 1.66. The molecule has 0 amide bonds. The van der Waals surface area contributed by atoms with E-state index in [1.54, 1.807) is 36.5 Å². The average molecular weight is 371 g/mol. The molecule has 0 aliphatic rings. The summed E-state index contributed by atoms with van der Waals surface area (Å²) in [4.78, 5) is 16.7. The van der Waals surface area contributed by atoms with Crippen molar-refractivity contribution in [1.29, 1.82) is 0 Å². The maximum Gasteiger partial charge on any atom is 0.304 e. The zero-order valence-corrected chi connectivity index (χ0v) is 15.2. The number of aromatic nitrogens is 1. The third-order valence-corrected chi connectivity index (χ3v) is 5.13. The van der Waals surface area contributed by atoms with Crippen molar-refractivity contribution in [3.8, 4) is 16.9 Å². The summed E-state index contributed by atoms with van der Waals surface area (Å²) in [6.45, 7) is 1.93. The van der Waals surface area contributed by atoms with E-state index >= 15 is 0 Å². The van der Waals surface area contributed by atoms with Gasteiger partial charge in [-0.05, 0) is 24.1 Å². The van der Waals surface area contributed by atoms with Gasteiger partial charge in [-0.2, -0.15) is 0 Å². The van der Waals surface area contributed by atoms with Crippen LogP contribution in [0.2, 0.25) is 0 Å². The van der Waals surface area contributed by atoms with Crippen molar-refractivity contribution in [2.24, 2.45) is 0 Å². The lowest BCUT2D eigenvalue weighted by Crippen LogP contribution is -2.08. The normalized spacial score (nSPS) is 12.0. The van der Waals surface area contributed by atoms with E-state index in [0.29, 0.717) is 11.1 Å². The molecule has 1 aromatic heterocycles. The summed E-state index contributed by atoms with van der Waals surface area (Å²) in [7, 11) is 1.42. The third kappa shape index (κ3) is 3.75. The molecule has 0 saturated heterocycles. The number of nitrogens with zero attached hydrogens (tertiary/aromatic N) is 1. The summed E-state index contributed by atoms with van der Waals surface area (Å²) in [5.74, 6) is -1.54. The second-order valence-electron chi connectivity index (χ2n) is 5.91. The van der Waals surface area contributed by atoms with Crippen molar-refractivity contribution < 1.29 is 19.0 Å². The first-order valence-corrected chi connectivity index (χ1v) is 8.88. The SMILES string of the molecule is COc1cccc(-c2cccc(C(CC(=O)O)c3ncc(C)s3)c2)c1F. The number of aliphatic carboxylic acids is 1. The first kappa shape index (κ1) is 18.1. The van der Waals surface area contributed by atoms with E-state index in [2.05, 4.69) is 4.98 Å². The minimum absolute atomic E-state index is 0.0724. The first-order chi connectivity index (χ1) is 12.5. The van der Waals surface area contributed by atoms with Gasteiger partial charge in [-0.15, -0.1) is 11.3 Å². The van der Waals surface area contributed by atoms with Crippen molar-refractivity contribution in [1.82, 2.24) is 4.98 Å². The maximum atomic E-state index is 14.6. The Hall–Kier alpha value is -2.73. The van der Waals surface area contributed by atoms with Crippen LogP contribution in [0.3, 0.4) is 0 Å². The molecular formula is C20H18FNO3S. The van der Waals surface area contributed by atoms with Gasteiger partial charge in [0.25, 0.3) is 0 Å². The number of thiazole rings is 1. The van der Waals surface area contributed by atoms with Crippen LogP contribution in [0.15, 0.2) is 48.7 Å². The topological polar surface area (TPSA) is 59.4 Å². The number of hydrogen-bond acceptors (Lipinski definition) is 4. The van der Waals surface area contributed by atoms with E-state index in [4.69, 9.17) is 4.74 Å². The lowest BCUT2D eigenvalue weighted by Gasteiger charge is -2.15. The number of halogens is 1. The highest BCUT2D eigenvalue weighted by molar-refractivity contribution is 7.11. The fourth-order valence-corrected chi connectivity index (χ4v) is 3.77. The number of benzene rings is 2. The van der Waals surface area contributed by atoms with Crippen LogP contribution >= 0.6 is 11.3 Å². The minimum atomic E-state index is -0.902. The van der Waals surface area contributed by atoms with Crippen LogP contribution in [0.5, 0.6) is 5.75 Å². The largest absolute Gasteiger partial charge is 0.494 e. The molecule has 26 heavy (non-hydrogen) atoms. The summed E-state index contributed by atoms with van der Waals surface area (Å²) in [5.41, 5.74) is 1.87. The number of hydrogen-bond donors (Lipinski definition) is 1. The standard InChI is InChI=1S/C20H18FNO3S/c1-12-11-22-20(26-12)16(10-18(23)24)14-6-3-5-13(9-14)15-7-4-8-17(25-2)19(15)21/h3-9,11,16H,10H2,1-2H3,(H,23,24). The Morgan fingerprint density at radius 3 is 2.73 bits per heavy atom. The van der Waals surface area contributed by atoms with Gasteiger partial charge in [0.1, 0.15) is 5.01 Å². The molecule has 0 bridgehead atoms. The Bertz CT molecular complexity index is 938. The molecule has 3 rings (SSSR count). The summed E-state index contributed by atoms with van der Waals surface area (Å²) in [5, 5.41) is 10.1. The van der Waals surface area contributed by atoms with Gasteiger partial charge < -0.3 is 9.84 Å². The molecule has 0 aliphatic carbocycles. The highest BCUT2D eigenvalue weighted by atomic mass is 32.1. The van der Waals surface area contributed by atoms with Crippen LogP contribution < -0.4 is 4.74 Å². The summed E-state index contributed by atoms with van der Waals surface area (Å²) < 4.78 is 19.6. The number of ether oxygens (including phenoxy) is 1. The van der Waals surface area contributed by atoms with E-state index in [-0.39, 0.29) is 18.1 Å². The molecule has 1 heterocycles. The number of methoxy groups -OCH3 is 1. The third-order valence-electron chi connectivity index (χ3n) is 4.10. The fourth-order valence-electron chi connectivity index (χ4n) is 2.87. The van der Waals surface area contributed by atoms with E-state index < -0.39 is 11.8 Å². The average Bonchev–Trinajstić information content (AvgIpc) is 3.06. The van der Waals surface area contributed by atoms with Crippen LogP contribution in [0.1, 0.15) is 27.8 Å². The first-order valence-electron chi connectivity index (χ1n) is 8.06. The Labute approximate surface area is 154 Å². The van der Waals surface area contributed by atoms with Gasteiger partial charge in [0.15, 0.2) is 11.6 Å². The maximum absolute atomic E-state index is 14.6. The van der Waals surface area contributed by atoms with Gasteiger partial charge in [0.05, 0.1) is 13.5 Å². The van der Waals surface area contributed by atoms with E-state index in [0.717, 1.165) is 15.4 Å². The summed E-state index contributed by atoms with van der Waals surface area (Å²) in [6, 6.07) is 12.2. The summed E-state index contributed by atoms with van der Waals surface area (Å²) >= 11 is 1.48. The fraction of sp³-hybridized carbons (Fsp3) is 0.200. The lowest BCUT2D eigenvalue weighted by molar-refractivity contribution is -0.137. The van der Waals surface area contributed by atoms with Crippen LogP contribution in [0.4, 0.5) is 4.39 Å². The molecule has 0 radical (unpaired) electrons. The van der Waals surface area contributed by atoms with Gasteiger partial charge in [0.2, 0.25) is 0 Å². The molecule has 1 atom stereocenters. The Morgan fingerprint density at radius 2 is 2.08 bits per heavy atom. The Kier molecular flexibility index (Phi) is 5.32.